The predicted octanol–water partition coefficient (Wildman–Crippen LogP) is 4.06. The van der Waals surface area contributed by atoms with Crippen molar-refractivity contribution in [3.8, 4) is 17.2 Å². The Morgan fingerprint density at radius 1 is 0.818 bits per heavy atom. The SMILES string of the molecule is CNc1cc2ccccc2c2c(OC)c(OC)c(OC)cc12. The lowest BCUT2D eigenvalue weighted by atomic mass is 9.98. The van der Waals surface area contributed by atoms with Gasteiger partial charge in [0.15, 0.2) is 11.5 Å². The number of anilines is 1. The fourth-order valence-electron chi connectivity index (χ4n) is 2.93. The maximum absolute atomic E-state index is 5.67. The van der Waals surface area contributed by atoms with Gasteiger partial charge in [0.2, 0.25) is 5.75 Å². The van der Waals surface area contributed by atoms with Gasteiger partial charge in [-0.2, -0.15) is 0 Å². The van der Waals surface area contributed by atoms with Gasteiger partial charge in [0, 0.05) is 23.5 Å². The van der Waals surface area contributed by atoms with Crippen LogP contribution in [0.3, 0.4) is 0 Å². The molecule has 3 aromatic rings. The van der Waals surface area contributed by atoms with Gasteiger partial charge in [-0.25, -0.2) is 0 Å². The molecule has 3 aromatic carbocycles. The van der Waals surface area contributed by atoms with Gasteiger partial charge in [0.25, 0.3) is 0 Å². The van der Waals surface area contributed by atoms with E-state index in [0.717, 1.165) is 27.2 Å². The fraction of sp³-hybridized carbons (Fsp3) is 0.222. The normalized spacial score (nSPS) is 10.7. The van der Waals surface area contributed by atoms with Gasteiger partial charge in [0.1, 0.15) is 0 Å². The van der Waals surface area contributed by atoms with Crippen molar-refractivity contribution in [3.05, 3.63) is 36.4 Å². The molecule has 3 rings (SSSR count). The molecule has 0 spiro atoms. The molecule has 114 valence electrons. The first-order valence-electron chi connectivity index (χ1n) is 7.07. The predicted molar refractivity (Wildman–Crippen MR) is 90.7 cm³/mol. The monoisotopic (exact) mass is 297 g/mol. The highest BCUT2D eigenvalue weighted by Gasteiger charge is 2.19. The van der Waals surface area contributed by atoms with Crippen LogP contribution in [0.2, 0.25) is 0 Å². The van der Waals surface area contributed by atoms with E-state index in [1.165, 1.54) is 0 Å². The third-order valence-electron chi connectivity index (χ3n) is 3.92. The van der Waals surface area contributed by atoms with Crippen molar-refractivity contribution in [1.82, 2.24) is 0 Å². The minimum atomic E-state index is 0.607. The van der Waals surface area contributed by atoms with Crippen molar-refractivity contribution in [1.29, 1.82) is 0 Å². The summed E-state index contributed by atoms with van der Waals surface area (Å²) in [7, 11) is 6.81. The van der Waals surface area contributed by atoms with E-state index < -0.39 is 0 Å². The molecule has 22 heavy (non-hydrogen) atoms. The number of methoxy groups -OCH3 is 3. The van der Waals surface area contributed by atoms with Gasteiger partial charge >= 0.3 is 0 Å². The first-order valence-corrected chi connectivity index (χ1v) is 7.07. The summed E-state index contributed by atoms with van der Waals surface area (Å²) in [5.74, 6) is 1.94. The summed E-state index contributed by atoms with van der Waals surface area (Å²) >= 11 is 0. The van der Waals surface area contributed by atoms with Crippen LogP contribution in [0, 0.1) is 0 Å². The third kappa shape index (κ3) is 1.99. The maximum Gasteiger partial charge on any atom is 0.203 e. The molecule has 0 fully saturated rings. The number of hydrogen-bond acceptors (Lipinski definition) is 4. The molecule has 1 N–H and O–H groups in total. The molecule has 0 atom stereocenters. The molecule has 0 saturated heterocycles. The summed E-state index contributed by atoms with van der Waals surface area (Å²) in [4.78, 5) is 0. The zero-order chi connectivity index (χ0) is 15.7. The number of rotatable bonds is 4. The molecule has 0 aromatic heterocycles. The van der Waals surface area contributed by atoms with E-state index >= 15 is 0 Å². The lowest BCUT2D eigenvalue weighted by Gasteiger charge is -2.18. The van der Waals surface area contributed by atoms with E-state index in [-0.39, 0.29) is 0 Å². The van der Waals surface area contributed by atoms with Crippen molar-refractivity contribution in [2.45, 2.75) is 0 Å². The second-order valence-corrected chi connectivity index (χ2v) is 4.96. The average molecular weight is 297 g/mol. The standard InChI is InChI=1S/C18H19NO3/c1-19-14-9-11-7-5-6-8-12(11)16-13(14)10-15(20-2)17(21-3)18(16)22-4/h5-10,19H,1-4H3. The molecular formula is C18H19NO3. The van der Waals surface area contributed by atoms with E-state index in [0.29, 0.717) is 17.2 Å². The largest absolute Gasteiger partial charge is 0.493 e. The summed E-state index contributed by atoms with van der Waals surface area (Å²) in [6, 6.07) is 12.3. The zero-order valence-corrected chi connectivity index (χ0v) is 13.2. The van der Waals surface area contributed by atoms with Gasteiger partial charge in [-0.05, 0) is 22.9 Å². The number of nitrogens with one attached hydrogen (secondary N) is 1. The molecule has 0 aliphatic rings. The van der Waals surface area contributed by atoms with Gasteiger partial charge in [-0.15, -0.1) is 0 Å². The lowest BCUT2D eigenvalue weighted by molar-refractivity contribution is 0.327. The van der Waals surface area contributed by atoms with Crippen LogP contribution < -0.4 is 19.5 Å². The molecule has 0 saturated carbocycles. The van der Waals surface area contributed by atoms with Crippen LogP contribution in [0.4, 0.5) is 5.69 Å². The topological polar surface area (TPSA) is 39.7 Å². The Morgan fingerprint density at radius 3 is 2.18 bits per heavy atom. The first kappa shape index (κ1) is 14.3. The Morgan fingerprint density at radius 2 is 1.55 bits per heavy atom. The Hall–Kier alpha value is -2.62. The van der Waals surface area contributed by atoms with E-state index in [1.807, 2.05) is 25.2 Å². The van der Waals surface area contributed by atoms with Crippen LogP contribution in [-0.4, -0.2) is 28.4 Å². The smallest absolute Gasteiger partial charge is 0.203 e. The van der Waals surface area contributed by atoms with E-state index in [9.17, 15) is 0 Å². The third-order valence-corrected chi connectivity index (χ3v) is 3.92. The maximum atomic E-state index is 5.67. The fourth-order valence-corrected chi connectivity index (χ4v) is 2.93. The second kappa shape index (κ2) is 5.64. The quantitative estimate of drug-likeness (QED) is 0.737. The molecular weight excluding hydrogens is 278 g/mol. The molecule has 0 amide bonds. The van der Waals surface area contributed by atoms with E-state index in [4.69, 9.17) is 14.2 Å². The van der Waals surface area contributed by atoms with E-state index in [2.05, 4.69) is 23.5 Å². The van der Waals surface area contributed by atoms with Crippen molar-refractivity contribution in [2.24, 2.45) is 0 Å². The highest BCUT2D eigenvalue weighted by molar-refractivity contribution is 6.17. The van der Waals surface area contributed by atoms with Crippen LogP contribution in [-0.2, 0) is 0 Å². The molecule has 0 bridgehead atoms. The first-order chi connectivity index (χ1) is 10.7. The van der Waals surface area contributed by atoms with Gasteiger partial charge in [0.05, 0.1) is 21.3 Å². The highest BCUT2D eigenvalue weighted by Crippen LogP contribution is 2.47. The lowest BCUT2D eigenvalue weighted by Crippen LogP contribution is -1.98. The van der Waals surface area contributed by atoms with Crippen molar-refractivity contribution in [2.75, 3.05) is 33.7 Å². The summed E-state index contributed by atoms with van der Waals surface area (Å²) < 4.78 is 16.7. The Kier molecular flexibility index (Phi) is 3.67. The zero-order valence-electron chi connectivity index (χ0n) is 13.2. The molecule has 0 aliphatic carbocycles. The van der Waals surface area contributed by atoms with Crippen LogP contribution in [0.5, 0.6) is 17.2 Å². The number of ether oxygens (including phenoxy) is 3. The summed E-state index contributed by atoms with van der Waals surface area (Å²) in [5, 5.41) is 7.57. The molecule has 4 nitrogen and oxygen atoms in total. The van der Waals surface area contributed by atoms with Gasteiger partial charge < -0.3 is 19.5 Å². The van der Waals surface area contributed by atoms with Crippen LogP contribution in [0.25, 0.3) is 21.5 Å². The second-order valence-electron chi connectivity index (χ2n) is 4.96. The number of benzene rings is 3. The number of fused-ring (bicyclic) bond motifs is 3. The van der Waals surface area contributed by atoms with Crippen LogP contribution in [0.1, 0.15) is 0 Å². The summed E-state index contributed by atoms with van der Waals surface area (Å²) in [6.07, 6.45) is 0. The average Bonchev–Trinajstić information content (AvgIpc) is 2.58. The Labute approximate surface area is 129 Å². The van der Waals surface area contributed by atoms with Crippen molar-refractivity contribution < 1.29 is 14.2 Å². The molecule has 0 radical (unpaired) electrons. The van der Waals surface area contributed by atoms with Gasteiger partial charge in [-0.3, -0.25) is 0 Å². The summed E-state index contributed by atoms with van der Waals surface area (Å²) in [5.41, 5.74) is 1.02. The van der Waals surface area contributed by atoms with Crippen LogP contribution in [0.15, 0.2) is 36.4 Å². The molecule has 0 unspecified atom stereocenters. The van der Waals surface area contributed by atoms with Crippen LogP contribution >= 0.6 is 0 Å². The van der Waals surface area contributed by atoms with Crippen molar-refractivity contribution >= 4 is 27.2 Å². The Balaban J connectivity index is 2.59. The van der Waals surface area contributed by atoms with E-state index in [1.54, 1.807) is 21.3 Å². The van der Waals surface area contributed by atoms with Gasteiger partial charge in [-0.1, -0.05) is 24.3 Å². The minimum absolute atomic E-state index is 0.607. The number of hydrogen-bond donors (Lipinski definition) is 1. The molecule has 4 heteroatoms. The van der Waals surface area contributed by atoms with Crippen molar-refractivity contribution in [3.63, 3.8) is 0 Å². The minimum Gasteiger partial charge on any atom is -0.493 e. The molecule has 0 aliphatic heterocycles. The summed E-state index contributed by atoms with van der Waals surface area (Å²) in [6.45, 7) is 0. The Bertz CT molecular complexity index is 843. The highest BCUT2D eigenvalue weighted by atomic mass is 16.5. The molecule has 0 heterocycles.